The van der Waals surface area contributed by atoms with Gasteiger partial charge in [-0.2, -0.15) is 0 Å². The minimum Gasteiger partial charge on any atom is -0.324 e. The summed E-state index contributed by atoms with van der Waals surface area (Å²) in [5.41, 5.74) is 0.936. The van der Waals surface area contributed by atoms with E-state index in [1.54, 1.807) is 38.1 Å². The zero-order chi connectivity index (χ0) is 15.4. The van der Waals surface area contributed by atoms with Crippen LogP contribution in [0.25, 0.3) is 0 Å². The van der Waals surface area contributed by atoms with Crippen molar-refractivity contribution < 1.29 is 4.79 Å². The van der Waals surface area contributed by atoms with Gasteiger partial charge < -0.3 is 10.3 Å². The Morgan fingerprint density at radius 3 is 2.81 bits per heavy atom. The second kappa shape index (κ2) is 6.78. The number of nitrogens with one attached hydrogen (secondary N) is 2. The molecule has 1 heterocycles. The Kier molecular flexibility index (Phi) is 5.03. The molecule has 0 bridgehead atoms. The summed E-state index contributed by atoms with van der Waals surface area (Å²) in [6.07, 6.45) is 0. The second-order valence-corrected chi connectivity index (χ2v) is 6.16. The summed E-state index contributed by atoms with van der Waals surface area (Å²) in [6, 6.07) is 8.41. The first-order chi connectivity index (χ1) is 9.95. The van der Waals surface area contributed by atoms with Crippen molar-refractivity contribution in [1.29, 1.82) is 0 Å². The monoisotopic (exact) mass is 323 g/mol. The maximum Gasteiger partial charge on any atom is 0.251 e. The number of carbonyl (C=O) groups is 1. The van der Waals surface area contributed by atoms with E-state index in [-0.39, 0.29) is 11.5 Å². The van der Waals surface area contributed by atoms with Crippen LogP contribution >= 0.6 is 23.4 Å². The van der Waals surface area contributed by atoms with Gasteiger partial charge in [0.2, 0.25) is 5.91 Å². The van der Waals surface area contributed by atoms with E-state index in [0.29, 0.717) is 21.6 Å². The fraction of sp³-hybridized carbons (Fsp3) is 0.214. The van der Waals surface area contributed by atoms with E-state index in [1.807, 2.05) is 0 Å². The van der Waals surface area contributed by atoms with Gasteiger partial charge in [-0.3, -0.25) is 9.59 Å². The number of benzene rings is 1. The summed E-state index contributed by atoms with van der Waals surface area (Å²) in [6.45, 7) is 3.47. The van der Waals surface area contributed by atoms with E-state index >= 15 is 0 Å². The molecule has 2 rings (SSSR count). The lowest BCUT2D eigenvalue weighted by molar-refractivity contribution is -0.115. The molecule has 5 nitrogen and oxygen atoms in total. The summed E-state index contributed by atoms with van der Waals surface area (Å²) < 4.78 is 0. The summed E-state index contributed by atoms with van der Waals surface area (Å²) in [7, 11) is 0. The van der Waals surface area contributed by atoms with Gasteiger partial charge in [-0.25, -0.2) is 4.98 Å². The number of para-hydroxylation sites is 1. The molecule has 2 aromatic rings. The molecule has 0 saturated heterocycles. The predicted octanol–water partition coefficient (Wildman–Crippen LogP) is 2.85. The van der Waals surface area contributed by atoms with Crippen molar-refractivity contribution in [2.75, 3.05) is 5.32 Å². The van der Waals surface area contributed by atoms with Crippen LogP contribution < -0.4 is 10.9 Å². The molecule has 1 amide bonds. The number of thioether (sulfide) groups is 1. The van der Waals surface area contributed by atoms with Crippen molar-refractivity contribution in [2.45, 2.75) is 24.3 Å². The molecule has 0 aliphatic rings. The molecule has 2 N–H and O–H groups in total. The maximum absolute atomic E-state index is 12.1. The van der Waals surface area contributed by atoms with E-state index in [9.17, 15) is 9.59 Å². The Hall–Kier alpha value is -1.79. The SMILES string of the molecule is Cc1cc(=O)[nH]c(S[C@@H](C)C(=O)Nc2ccccc2Cl)n1. The number of aromatic nitrogens is 2. The van der Waals surface area contributed by atoms with Crippen molar-refractivity contribution in [3.05, 3.63) is 51.4 Å². The molecule has 0 radical (unpaired) electrons. The number of rotatable bonds is 4. The first kappa shape index (κ1) is 15.6. The lowest BCUT2D eigenvalue weighted by Gasteiger charge is -2.12. The van der Waals surface area contributed by atoms with Gasteiger partial charge in [0.15, 0.2) is 5.16 Å². The van der Waals surface area contributed by atoms with Crippen LogP contribution in [-0.4, -0.2) is 21.1 Å². The van der Waals surface area contributed by atoms with Crippen LogP contribution in [0.15, 0.2) is 40.3 Å². The Morgan fingerprint density at radius 1 is 1.43 bits per heavy atom. The van der Waals surface area contributed by atoms with Gasteiger partial charge >= 0.3 is 0 Å². The number of aryl methyl sites for hydroxylation is 1. The minimum absolute atomic E-state index is 0.211. The fourth-order valence-electron chi connectivity index (χ4n) is 1.63. The third-order valence-corrected chi connectivity index (χ3v) is 3.95. The number of hydrogen-bond donors (Lipinski definition) is 2. The lowest BCUT2D eigenvalue weighted by Crippen LogP contribution is -2.23. The number of hydrogen-bond acceptors (Lipinski definition) is 4. The van der Waals surface area contributed by atoms with Gasteiger partial charge in [0.1, 0.15) is 0 Å². The second-order valence-electron chi connectivity index (χ2n) is 4.42. The van der Waals surface area contributed by atoms with Crippen LogP contribution in [-0.2, 0) is 4.79 Å². The first-order valence-corrected chi connectivity index (χ1v) is 7.51. The molecular formula is C14H14ClN3O2S. The average molecular weight is 324 g/mol. The van der Waals surface area contributed by atoms with Crippen LogP contribution in [0.4, 0.5) is 5.69 Å². The van der Waals surface area contributed by atoms with E-state index in [1.165, 1.54) is 17.8 Å². The maximum atomic E-state index is 12.1. The first-order valence-electron chi connectivity index (χ1n) is 6.25. The van der Waals surface area contributed by atoms with Gasteiger partial charge in [0.25, 0.3) is 5.56 Å². The smallest absolute Gasteiger partial charge is 0.251 e. The van der Waals surface area contributed by atoms with Crippen molar-refractivity contribution >= 4 is 35.0 Å². The highest BCUT2D eigenvalue weighted by molar-refractivity contribution is 8.00. The summed E-state index contributed by atoms with van der Waals surface area (Å²) in [4.78, 5) is 30.3. The summed E-state index contributed by atoms with van der Waals surface area (Å²) in [5, 5.41) is 3.22. The zero-order valence-corrected chi connectivity index (χ0v) is 13.1. The van der Waals surface area contributed by atoms with Crippen molar-refractivity contribution in [2.24, 2.45) is 0 Å². The van der Waals surface area contributed by atoms with Gasteiger partial charge in [-0.1, -0.05) is 35.5 Å². The Bertz CT molecular complexity index is 717. The number of anilines is 1. The van der Waals surface area contributed by atoms with Crippen LogP contribution in [0.5, 0.6) is 0 Å². The number of nitrogens with zero attached hydrogens (tertiary/aromatic N) is 1. The third kappa shape index (κ3) is 4.34. The normalized spacial score (nSPS) is 12.0. The van der Waals surface area contributed by atoms with Crippen molar-refractivity contribution in [1.82, 2.24) is 9.97 Å². The fourth-order valence-corrected chi connectivity index (χ4v) is 2.67. The number of halogens is 1. The molecule has 0 saturated carbocycles. The molecule has 1 aromatic heterocycles. The van der Waals surface area contributed by atoms with E-state index in [2.05, 4.69) is 15.3 Å². The van der Waals surface area contributed by atoms with E-state index in [4.69, 9.17) is 11.6 Å². The Balaban J connectivity index is 2.06. The molecule has 0 aliphatic carbocycles. The highest BCUT2D eigenvalue weighted by Crippen LogP contribution is 2.23. The van der Waals surface area contributed by atoms with Gasteiger partial charge in [0.05, 0.1) is 16.0 Å². The zero-order valence-electron chi connectivity index (χ0n) is 11.5. The van der Waals surface area contributed by atoms with Crippen LogP contribution in [0.1, 0.15) is 12.6 Å². The molecule has 1 aromatic carbocycles. The molecule has 1 atom stereocenters. The van der Waals surface area contributed by atoms with E-state index < -0.39 is 5.25 Å². The summed E-state index contributed by atoms with van der Waals surface area (Å²) >= 11 is 7.18. The van der Waals surface area contributed by atoms with E-state index in [0.717, 1.165) is 0 Å². The highest BCUT2D eigenvalue weighted by atomic mass is 35.5. The topological polar surface area (TPSA) is 74.8 Å². The van der Waals surface area contributed by atoms with Crippen LogP contribution in [0.2, 0.25) is 5.02 Å². The Morgan fingerprint density at radius 2 is 2.14 bits per heavy atom. The highest BCUT2D eigenvalue weighted by Gasteiger charge is 2.17. The van der Waals surface area contributed by atoms with Crippen LogP contribution in [0.3, 0.4) is 0 Å². The number of H-pyrrole nitrogens is 1. The molecule has 110 valence electrons. The van der Waals surface area contributed by atoms with Gasteiger partial charge in [0, 0.05) is 11.8 Å². The van der Waals surface area contributed by atoms with Crippen LogP contribution in [0, 0.1) is 6.92 Å². The molecule has 0 aliphatic heterocycles. The summed E-state index contributed by atoms with van der Waals surface area (Å²) in [5.74, 6) is -0.211. The predicted molar refractivity (Wildman–Crippen MR) is 85.0 cm³/mol. The number of aromatic amines is 1. The molecule has 7 heteroatoms. The van der Waals surface area contributed by atoms with Crippen molar-refractivity contribution in [3.8, 4) is 0 Å². The number of carbonyl (C=O) groups excluding carboxylic acids is 1. The van der Waals surface area contributed by atoms with Crippen molar-refractivity contribution in [3.63, 3.8) is 0 Å². The van der Waals surface area contributed by atoms with Gasteiger partial charge in [-0.15, -0.1) is 0 Å². The average Bonchev–Trinajstić information content (AvgIpc) is 2.40. The van der Waals surface area contributed by atoms with Gasteiger partial charge in [-0.05, 0) is 26.0 Å². The quantitative estimate of drug-likeness (QED) is 0.670. The lowest BCUT2D eigenvalue weighted by atomic mass is 10.3. The Labute approximate surface area is 131 Å². The minimum atomic E-state index is -0.425. The molecular weight excluding hydrogens is 310 g/mol. The number of amides is 1. The molecule has 0 unspecified atom stereocenters. The molecule has 21 heavy (non-hydrogen) atoms. The standard InChI is InChI=1S/C14H14ClN3O2S/c1-8-7-12(19)18-14(16-8)21-9(2)13(20)17-11-6-4-3-5-10(11)15/h3-7,9H,1-2H3,(H,17,20)(H,16,18,19)/t9-/m0/s1. The largest absolute Gasteiger partial charge is 0.324 e. The molecule has 0 spiro atoms. The molecule has 0 fully saturated rings. The third-order valence-electron chi connectivity index (χ3n) is 2.64.